The Labute approximate surface area is 148 Å². The van der Waals surface area contributed by atoms with Gasteiger partial charge in [0.15, 0.2) is 0 Å². The summed E-state index contributed by atoms with van der Waals surface area (Å²) >= 11 is 6.05. The van der Waals surface area contributed by atoms with E-state index in [1.54, 1.807) is 16.8 Å². The predicted octanol–water partition coefficient (Wildman–Crippen LogP) is 3.03. The highest BCUT2D eigenvalue weighted by Gasteiger charge is 2.23. The van der Waals surface area contributed by atoms with Crippen molar-refractivity contribution in [2.24, 2.45) is 0 Å². The minimum atomic E-state index is -0.286. The molecule has 124 valence electrons. The van der Waals surface area contributed by atoms with Crippen LogP contribution in [0.3, 0.4) is 0 Å². The van der Waals surface area contributed by atoms with Crippen LogP contribution in [0, 0.1) is 6.92 Å². The van der Waals surface area contributed by atoms with Crippen molar-refractivity contribution in [2.45, 2.75) is 6.92 Å². The molecule has 1 aliphatic heterocycles. The number of anilines is 2. The number of hydrogen-bond acceptors (Lipinski definition) is 5. The fraction of sp³-hybridized carbons (Fsp3) is 0.0588. The molecule has 0 radical (unpaired) electrons. The van der Waals surface area contributed by atoms with Gasteiger partial charge in [-0.15, -0.1) is 5.10 Å². The largest absolute Gasteiger partial charge is 0.350 e. The van der Waals surface area contributed by atoms with E-state index in [1.165, 1.54) is 6.08 Å². The Morgan fingerprint density at radius 1 is 1.24 bits per heavy atom. The van der Waals surface area contributed by atoms with Gasteiger partial charge in [0.1, 0.15) is 0 Å². The first-order valence-electron chi connectivity index (χ1n) is 7.55. The van der Waals surface area contributed by atoms with Crippen LogP contribution in [0.15, 0.2) is 48.5 Å². The molecule has 0 spiro atoms. The normalized spacial score (nSPS) is 13.8. The summed E-state index contributed by atoms with van der Waals surface area (Å²) in [5, 5.41) is 18.2. The first-order chi connectivity index (χ1) is 12.1. The van der Waals surface area contributed by atoms with Gasteiger partial charge in [-0.3, -0.25) is 4.79 Å². The Balaban J connectivity index is 1.65. The maximum Gasteiger partial charge on any atom is 0.250 e. The predicted molar refractivity (Wildman–Crippen MR) is 95.6 cm³/mol. The lowest BCUT2D eigenvalue weighted by atomic mass is 10.2. The van der Waals surface area contributed by atoms with Crippen LogP contribution in [0.2, 0.25) is 5.02 Å². The van der Waals surface area contributed by atoms with E-state index < -0.39 is 0 Å². The Bertz CT molecular complexity index is 993. The number of carbonyl (C=O) groups excluding carboxylic acids is 1. The van der Waals surface area contributed by atoms with E-state index in [0.717, 1.165) is 16.9 Å². The number of tetrazole rings is 1. The highest BCUT2D eigenvalue weighted by Crippen LogP contribution is 2.32. The second kappa shape index (κ2) is 6.03. The summed E-state index contributed by atoms with van der Waals surface area (Å²) in [6.45, 7) is 1.99. The van der Waals surface area contributed by atoms with Gasteiger partial charge in [0.2, 0.25) is 5.82 Å². The van der Waals surface area contributed by atoms with Crippen LogP contribution in [0.5, 0.6) is 0 Å². The molecule has 0 aliphatic carbocycles. The van der Waals surface area contributed by atoms with Crippen LogP contribution in [0.1, 0.15) is 11.4 Å². The minimum absolute atomic E-state index is 0.286. The number of amides is 1. The van der Waals surface area contributed by atoms with Crippen molar-refractivity contribution in [3.05, 3.63) is 65.0 Å². The highest BCUT2D eigenvalue weighted by atomic mass is 35.5. The summed E-state index contributed by atoms with van der Waals surface area (Å²) in [4.78, 5) is 12.3. The van der Waals surface area contributed by atoms with Gasteiger partial charge >= 0.3 is 0 Å². The topological polar surface area (TPSA) is 84.7 Å². The van der Waals surface area contributed by atoms with Crippen LogP contribution in [0.4, 0.5) is 11.4 Å². The first kappa shape index (κ1) is 15.3. The molecule has 4 rings (SSSR count). The van der Waals surface area contributed by atoms with Crippen molar-refractivity contribution >= 4 is 34.6 Å². The lowest BCUT2D eigenvalue weighted by Gasteiger charge is -2.20. The third kappa shape index (κ3) is 2.97. The number of carbonyl (C=O) groups is 1. The molecule has 0 atom stereocenters. The summed E-state index contributed by atoms with van der Waals surface area (Å²) in [6, 6.07) is 12.9. The second-order valence-electron chi connectivity index (χ2n) is 5.61. The van der Waals surface area contributed by atoms with Gasteiger partial charge in [-0.25, -0.2) is 0 Å². The van der Waals surface area contributed by atoms with Gasteiger partial charge in [0.25, 0.3) is 5.91 Å². The summed E-state index contributed by atoms with van der Waals surface area (Å²) in [6.07, 6.45) is 1.42. The second-order valence-corrected chi connectivity index (χ2v) is 6.05. The number of halogens is 1. The minimum Gasteiger partial charge on any atom is -0.350 e. The molecule has 3 aromatic rings. The molecule has 2 heterocycles. The summed E-state index contributed by atoms with van der Waals surface area (Å²) in [7, 11) is 0. The maximum absolute atomic E-state index is 12.3. The fourth-order valence-electron chi connectivity index (χ4n) is 2.56. The van der Waals surface area contributed by atoms with Crippen molar-refractivity contribution in [3.63, 3.8) is 0 Å². The van der Waals surface area contributed by atoms with Gasteiger partial charge in [-0.05, 0) is 47.7 Å². The Kier molecular flexibility index (Phi) is 3.70. The molecule has 0 bridgehead atoms. The summed E-state index contributed by atoms with van der Waals surface area (Å²) in [5.74, 6) is 0.167. The zero-order valence-electron chi connectivity index (χ0n) is 13.2. The van der Waals surface area contributed by atoms with Gasteiger partial charge in [-0.1, -0.05) is 29.3 Å². The molecule has 7 nitrogen and oxygen atoms in total. The zero-order chi connectivity index (χ0) is 17.4. The van der Waals surface area contributed by atoms with Crippen molar-refractivity contribution in [1.29, 1.82) is 0 Å². The molecule has 1 aromatic heterocycles. The number of aromatic nitrogens is 4. The number of nitrogens with zero attached hydrogens (tertiary/aromatic N) is 4. The molecule has 2 N–H and O–H groups in total. The van der Waals surface area contributed by atoms with E-state index in [-0.39, 0.29) is 5.91 Å². The lowest BCUT2D eigenvalue weighted by molar-refractivity contribution is -0.111. The van der Waals surface area contributed by atoms with Gasteiger partial charge < -0.3 is 10.6 Å². The van der Waals surface area contributed by atoms with Crippen molar-refractivity contribution < 1.29 is 4.79 Å². The summed E-state index contributed by atoms with van der Waals surface area (Å²) < 4.78 is 1.56. The number of nitrogens with one attached hydrogen (secondary N) is 2. The van der Waals surface area contributed by atoms with Gasteiger partial charge in [0.05, 0.1) is 17.1 Å². The Morgan fingerprint density at radius 3 is 2.84 bits per heavy atom. The van der Waals surface area contributed by atoms with E-state index in [4.69, 9.17) is 11.6 Å². The van der Waals surface area contributed by atoms with Crippen molar-refractivity contribution in [1.82, 2.24) is 20.2 Å². The molecular formula is C17H13ClN6O. The number of rotatable bonds is 2. The van der Waals surface area contributed by atoms with E-state index >= 15 is 0 Å². The fourth-order valence-corrected chi connectivity index (χ4v) is 2.73. The third-order valence-corrected chi connectivity index (χ3v) is 4.00. The number of hydrogen-bond donors (Lipinski definition) is 2. The van der Waals surface area contributed by atoms with Crippen LogP contribution < -0.4 is 10.6 Å². The molecule has 8 heteroatoms. The molecule has 25 heavy (non-hydrogen) atoms. The monoisotopic (exact) mass is 352 g/mol. The van der Waals surface area contributed by atoms with Crippen LogP contribution in [-0.2, 0) is 4.79 Å². The molecule has 1 amide bonds. The molecule has 2 aromatic carbocycles. The standard InChI is InChI=1S/C17H13ClN6O/c1-10-2-5-12(6-3-10)19-16(25)9-14-17-21-22-23-24(17)15-7-4-11(18)8-13(15)20-14/h2-9,20H,1H3,(H,19,25)/b14-9-. The van der Waals surface area contributed by atoms with E-state index in [0.29, 0.717) is 22.2 Å². The maximum atomic E-state index is 12.3. The lowest BCUT2D eigenvalue weighted by Crippen LogP contribution is -2.18. The average Bonchev–Trinajstić information content (AvgIpc) is 3.07. The van der Waals surface area contributed by atoms with Gasteiger partial charge in [-0.2, -0.15) is 4.68 Å². The van der Waals surface area contributed by atoms with Crippen molar-refractivity contribution in [3.8, 4) is 5.69 Å². The van der Waals surface area contributed by atoms with Crippen LogP contribution >= 0.6 is 11.6 Å². The molecule has 0 fully saturated rings. The number of benzene rings is 2. The molecule has 0 saturated heterocycles. The Hall–Kier alpha value is -3.19. The smallest absolute Gasteiger partial charge is 0.250 e. The summed E-state index contributed by atoms with van der Waals surface area (Å²) in [5.41, 5.74) is 3.82. The highest BCUT2D eigenvalue weighted by molar-refractivity contribution is 6.31. The Morgan fingerprint density at radius 2 is 2.04 bits per heavy atom. The number of fused-ring (bicyclic) bond motifs is 3. The first-order valence-corrected chi connectivity index (χ1v) is 7.93. The zero-order valence-corrected chi connectivity index (χ0v) is 13.9. The van der Waals surface area contributed by atoms with Crippen LogP contribution in [-0.4, -0.2) is 26.1 Å². The van der Waals surface area contributed by atoms with E-state index in [2.05, 4.69) is 26.2 Å². The van der Waals surface area contributed by atoms with Crippen LogP contribution in [0.25, 0.3) is 11.4 Å². The third-order valence-electron chi connectivity index (χ3n) is 3.76. The SMILES string of the molecule is Cc1ccc(NC(=O)/C=C2\Nc3cc(Cl)ccc3-n3nnnc32)cc1. The van der Waals surface area contributed by atoms with E-state index in [9.17, 15) is 4.79 Å². The molecule has 0 unspecified atom stereocenters. The molecular weight excluding hydrogens is 340 g/mol. The average molecular weight is 353 g/mol. The molecule has 0 saturated carbocycles. The van der Waals surface area contributed by atoms with Gasteiger partial charge in [0, 0.05) is 16.8 Å². The quantitative estimate of drug-likeness (QED) is 0.692. The number of aryl methyl sites for hydroxylation is 1. The van der Waals surface area contributed by atoms with Crippen molar-refractivity contribution in [2.75, 3.05) is 10.6 Å². The molecule has 1 aliphatic rings. The van der Waals surface area contributed by atoms with E-state index in [1.807, 2.05) is 37.3 Å².